The van der Waals surface area contributed by atoms with Gasteiger partial charge in [-0.05, 0) is 87.4 Å². The van der Waals surface area contributed by atoms with Crippen molar-refractivity contribution in [3.63, 3.8) is 0 Å². The van der Waals surface area contributed by atoms with Gasteiger partial charge in [-0.3, -0.25) is 0 Å². The number of hydrogen-bond donors (Lipinski definition) is 1. The highest BCUT2D eigenvalue weighted by Gasteiger charge is 2.11. The first-order valence-corrected chi connectivity index (χ1v) is 12.1. The molecule has 170 valence electrons. The molecule has 1 heterocycles. The molecular weight excluding hydrogens is 463 g/mol. The Morgan fingerprint density at radius 3 is 2.41 bits per heavy atom. The van der Waals surface area contributed by atoms with Crippen molar-refractivity contribution in [1.29, 1.82) is 0 Å². The number of hydrogen-bond acceptors (Lipinski definition) is 4. The van der Waals surface area contributed by atoms with Gasteiger partial charge >= 0.3 is 0 Å². The third-order valence-electron chi connectivity index (χ3n) is 5.44. The quantitative estimate of drug-likeness (QED) is 0.316. The highest BCUT2D eigenvalue weighted by molar-refractivity contribution is 6.35. The lowest BCUT2D eigenvalue weighted by Crippen LogP contribution is -2.25. The lowest BCUT2D eigenvalue weighted by molar-refractivity contribution is 0.295. The third-order valence-corrected chi connectivity index (χ3v) is 6.24. The zero-order chi connectivity index (χ0) is 23.1. The second-order valence-corrected chi connectivity index (χ2v) is 9.09. The summed E-state index contributed by atoms with van der Waals surface area (Å²) in [5, 5.41) is 6.36. The number of nitrogens with one attached hydrogen (secondary N) is 1. The zero-order valence-electron chi connectivity index (χ0n) is 18.7. The molecule has 3 aromatic rings. The van der Waals surface area contributed by atoms with Crippen LogP contribution in [0, 0.1) is 0 Å². The molecule has 0 spiro atoms. The van der Waals surface area contributed by atoms with Crippen molar-refractivity contribution in [2.75, 3.05) is 25.0 Å². The number of fused-ring (bicyclic) bond motifs is 1. The van der Waals surface area contributed by atoms with Gasteiger partial charge in [-0.25, -0.2) is 9.97 Å². The minimum absolute atomic E-state index is 0.280. The van der Waals surface area contributed by atoms with Crippen molar-refractivity contribution < 1.29 is 0 Å². The molecule has 0 aliphatic rings. The van der Waals surface area contributed by atoms with E-state index >= 15 is 0 Å². The number of rotatable bonds is 10. The monoisotopic (exact) mass is 490 g/mol. The van der Waals surface area contributed by atoms with Gasteiger partial charge in [-0.2, -0.15) is 0 Å². The second-order valence-electron chi connectivity index (χ2n) is 7.81. The maximum Gasteiger partial charge on any atom is 0.154 e. The molecule has 0 radical (unpaired) electrons. The maximum atomic E-state index is 6.29. The van der Waals surface area contributed by atoms with Crippen molar-refractivity contribution >= 4 is 63.7 Å². The number of nitrogens with zero attached hydrogens (tertiary/aromatic N) is 3. The van der Waals surface area contributed by atoms with Crippen LogP contribution in [0.3, 0.4) is 0 Å². The van der Waals surface area contributed by atoms with Crippen LogP contribution in [0.1, 0.15) is 45.0 Å². The summed E-state index contributed by atoms with van der Waals surface area (Å²) in [6.45, 7) is 9.88. The summed E-state index contributed by atoms with van der Waals surface area (Å²) in [5.41, 5.74) is 1.65. The van der Waals surface area contributed by atoms with Crippen molar-refractivity contribution in [1.82, 2.24) is 14.9 Å². The van der Waals surface area contributed by atoms with Crippen LogP contribution in [0.5, 0.6) is 0 Å². The summed E-state index contributed by atoms with van der Waals surface area (Å²) in [5.74, 6) is 1.40. The minimum atomic E-state index is 0.280. The Kier molecular flexibility index (Phi) is 9.18. The van der Waals surface area contributed by atoms with Gasteiger partial charge in [0.25, 0.3) is 0 Å². The number of anilines is 1. The molecule has 0 aliphatic carbocycles. The number of benzene rings is 2. The van der Waals surface area contributed by atoms with E-state index in [4.69, 9.17) is 39.8 Å². The molecule has 0 amide bonds. The summed E-state index contributed by atoms with van der Waals surface area (Å²) in [4.78, 5) is 11.9. The first-order chi connectivity index (χ1) is 15.4. The summed E-state index contributed by atoms with van der Waals surface area (Å²) in [7, 11) is 0. The van der Waals surface area contributed by atoms with Crippen LogP contribution in [0.15, 0.2) is 36.4 Å². The summed E-state index contributed by atoms with van der Waals surface area (Å²) in [6, 6.07) is 11.4. The zero-order valence-corrected chi connectivity index (χ0v) is 21.0. The van der Waals surface area contributed by atoms with E-state index in [1.54, 1.807) is 12.1 Å². The van der Waals surface area contributed by atoms with Gasteiger partial charge < -0.3 is 10.2 Å². The van der Waals surface area contributed by atoms with E-state index in [-0.39, 0.29) is 6.04 Å². The minimum Gasteiger partial charge on any atom is -0.367 e. The van der Waals surface area contributed by atoms with Crippen LogP contribution in [0.4, 0.5) is 5.82 Å². The van der Waals surface area contributed by atoms with E-state index in [2.05, 4.69) is 36.0 Å². The lowest BCUT2D eigenvalue weighted by Gasteiger charge is -2.20. The van der Waals surface area contributed by atoms with Crippen molar-refractivity contribution in [2.24, 2.45) is 0 Å². The average molecular weight is 492 g/mol. The molecule has 3 rings (SSSR count). The standard InChI is InChI=1S/C25H29Cl3N4/c1-4-32(5-2)14-6-7-17(3)29-25-21-12-11-20(27)16-23(21)30-24(31-25)13-9-18-8-10-19(26)15-22(18)28/h8-13,15-17H,4-7,14H2,1-3H3,(H,29,30,31)/b13-9+. The van der Waals surface area contributed by atoms with E-state index in [1.165, 1.54) is 0 Å². The molecule has 1 aromatic heterocycles. The Balaban J connectivity index is 1.82. The van der Waals surface area contributed by atoms with Crippen LogP contribution >= 0.6 is 34.8 Å². The van der Waals surface area contributed by atoms with Crippen molar-refractivity contribution in [3.05, 3.63) is 62.9 Å². The van der Waals surface area contributed by atoms with Crippen LogP contribution in [0.2, 0.25) is 15.1 Å². The average Bonchev–Trinajstić information content (AvgIpc) is 2.76. The summed E-state index contributed by atoms with van der Waals surface area (Å²) < 4.78 is 0. The smallest absolute Gasteiger partial charge is 0.154 e. The van der Waals surface area contributed by atoms with Gasteiger partial charge in [-0.15, -0.1) is 0 Å². The summed E-state index contributed by atoms with van der Waals surface area (Å²) >= 11 is 18.5. The molecular formula is C25H29Cl3N4. The molecule has 7 heteroatoms. The Morgan fingerprint density at radius 2 is 1.69 bits per heavy atom. The van der Waals surface area contributed by atoms with Crippen LogP contribution < -0.4 is 5.32 Å². The van der Waals surface area contributed by atoms with Gasteiger partial charge in [0.05, 0.1) is 5.52 Å². The molecule has 32 heavy (non-hydrogen) atoms. The Bertz CT molecular complexity index is 1080. The molecule has 0 bridgehead atoms. The fraction of sp³-hybridized carbons (Fsp3) is 0.360. The van der Waals surface area contributed by atoms with Crippen molar-refractivity contribution in [2.45, 2.75) is 39.7 Å². The third kappa shape index (κ3) is 6.82. The summed E-state index contributed by atoms with van der Waals surface area (Å²) in [6.07, 6.45) is 5.93. The number of halogens is 3. The molecule has 0 saturated heterocycles. The first kappa shape index (κ1) is 24.8. The van der Waals surface area contributed by atoms with E-state index < -0.39 is 0 Å². The fourth-order valence-electron chi connectivity index (χ4n) is 3.57. The fourth-order valence-corrected chi connectivity index (χ4v) is 4.21. The Hall–Kier alpha value is -1.85. The number of aromatic nitrogens is 2. The molecule has 0 aliphatic heterocycles. The molecule has 2 aromatic carbocycles. The highest BCUT2D eigenvalue weighted by Crippen LogP contribution is 2.26. The van der Waals surface area contributed by atoms with Crippen LogP contribution in [-0.4, -0.2) is 40.5 Å². The normalized spacial score (nSPS) is 12.7. The predicted octanol–water partition coefficient (Wildman–Crippen LogP) is 7.68. The Labute approximate surface area is 205 Å². The van der Waals surface area contributed by atoms with Crippen molar-refractivity contribution in [3.8, 4) is 0 Å². The van der Waals surface area contributed by atoms with Gasteiger partial charge in [0.2, 0.25) is 0 Å². The topological polar surface area (TPSA) is 41.0 Å². The van der Waals surface area contributed by atoms with Crippen LogP contribution in [0.25, 0.3) is 23.1 Å². The van der Waals surface area contributed by atoms with Gasteiger partial charge in [0.1, 0.15) is 5.82 Å². The predicted molar refractivity (Wildman–Crippen MR) is 140 cm³/mol. The molecule has 1 atom stereocenters. The van der Waals surface area contributed by atoms with E-state index in [0.29, 0.717) is 20.9 Å². The SMILES string of the molecule is CCN(CC)CCCC(C)Nc1nc(/C=C/c2ccc(Cl)cc2Cl)nc2cc(Cl)ccc12. The van der Waals surface area contributed by atoms with Gasteiger partial charge in [0.15, 0.2) is 5.82 Å². The molecule has 4 nitrogen and oxygen atoms in total. The first-order valence-electron chi connectivity index (χ1n) is 11.0. The highest BCUT2D eigenvalue weighted by atomic mass is 35.5. The molecule has 1 unspecified atom stereocenters. The van der Waals surface area contributed by atoms with Gasteiger partial charge in [0, 0.05) is 26.5 Å². The Morgan fingerprint density at radius 1 is 0.969 bits per heavy atom. The molecule has 0 saturated carbocycles. The second kappa shape index (κ2) is 11.9. The van der Waals surface area contributed by atoms with Crippen LogP contribution in [-0.2, 0) is 0 Å². The van der Waals surface area contributed by atoms with E-state index in [1.807, 2.05) is 36.4 Å². The molecule has 0 fully saturated rings. The van der Waals surface area contributed by atoms with Gasteiger partial charge in [-0.1, -0.05) is 54.7 Å². The van der Waals surface area contributed by atoms with E-state index in [9.17, 15) is 0 Å². The maximum absolute atomic E-state index is 6.29. The lowest BCUT2D eigenvalue weighted by atomic mass is 10.1. The van der Waals surface area contributed by atoms with E-state index in [0.717, 1.165) is 54.8 Å². The molecule has 1 N–H and O–H groups in total. The largest absolute Gasteiger partial charge is 0.367 e.